The Morgan fingerprint density at radius 1 is 1.26 bits per heavy atom. The van der Waals surface area contributed by atoms with Crippen LogP contribution < -0.4 is 4.90 Å². The van der Waals surface area contributed by atoms with Crippen molar-refractivity contribution in [1.82, 2.24) is 4.98 Å². The number of nitrogens with zero attached hydrogens (tertiary/aromatic N) is 2. The zero-order chi connectivity index (χ0) is 13.8. The molecule has 2 aromatic rings. The van der Waals surface area contributed by atoms with Crippen molar-refractivity contribution in [1.29, 1.82) is 0 Å². The number of hydrogen-bond acceptors (Lipinski definition) is 3. The Balaban J connectivity index is 2.28. The lowest BCUT2D eigenvalue weighted by Gasteiger charge is -2.29. The highest BCUT2D eigenvalue weighted by Gasteiger charge is 2.14. The molecule has 1 atom stereocenters. The molecule has 1 heterocycles. The molecular formula is C15H17ClN2O. The summed E-state index contributed by atoms with van der Waals surface area (Å²) in [7, 11) is 2.01. The third kappa shape index (κ3) is 3.06. The topological polar surface area (TPSA) is 36.4 Å². The number of aliphatic hydroxyl groups is 1. The number of pyridine rings is 1. The van der Waals surface area contributed by atoms with Gasteiger partial charge in [-0.15, -0.1) is 0 Å². The minimum Gasteiger partial charge on any atom is -0.392 e. The third-order valence-electron chi connectivity index (χ3n) is 3.36. The largest absolute Gasteiger partial charge is 0.392 e. The van der Waals surface area contributed by atoms with E-state index in [0.717, 1.165) is 16.3 Å². The van der Waals surface area contributed by atoms with Gasteiger partial charge in [-0.1, -0.05) is 23.7 Å². The lowest BCUT2D eigenvalue weighted by Crippen LogP contribution is -2.22. The fraction of sp³-hybridized carbons (Fsp3) is 0.267. The van der Waals surface area contributed by atoms with Crippen molar-refractivity contribution in [3.05, 3.63) is 58.9 Å². The molecule has 1 aromatic heterocycles. The average Bonchev–Trinajstić information content (AvgIpc) is 2.46. The first-order valence-electron chi connectivity index (χ1n) is 6.15. The number of aromatic nitrogens is 1. The summed E-state index contributed by atoms with van der Waals surface area (Å²) in [5.41, 5.74) is 2.98. The number of hydrogen-bond donors (Lipinski definition) is 1. The smallest absolute Gasteiger partial charge is 0.0717 e. The van der Waals surface area contributed by atoms with Crippen LogP contribution in [0.3, 0.4) is 0 Å². The number of benzene rings is 1. The summed E-state index contributed by atoms with van der Waals surface area (Å²) >= 11 is 5.91. The van der Waals surface area contributed by atoms with Crippen LogP contribution in [-0.4, -0.2) is 17.1 Å². The zero-order valence-corrected chi connectivity index (χ0v) is 11.8. The maximum absolute atomic E-state index is 9.37. The molecule has 1 unspecified atom stereocenters. The molecule has 2 rings (SSSR count). The van der Waals surface area contributed by atoms with Crippen LogP contribution in [-0.2, 0) is 6.61 Å². The van der Waals surface area contributed by atoms with Gasteiger partial charge in [0.2, 0.25) is 0 Å². The van der Waals surface area contributed by atoms with Crippen molar-refractivity contribution in [2.75, 3.05) is 11.9 Å². The van der Waals surface area contributed by atoms with Gasteiger partial charge in [-0.25, -0.2) is 0 Å². The molecule has 0 saturated heterocycles. The van der Waals surface area contributed by atoms with E-state index in [0.29, 0.717) is 0 Å². The van der Waals surface area contributed by atoms with Gasteiger partial charge in [0.05, 0.1) is 12.6 Å². The molecule has 0 spiro atoms. The highest BCUT2D eigenvalue weighted by atomic mass is 35.5. The Morgan fingerprint density at radius 2 is 1.95 bits per heavy atom. The Bertz CT molecular complexity index is 542. The van der Waals surface area contributed by atoms with E-state index in [4.69, 9.17) is 11.6 Å². The van der Waals surface area contributed by atoms with Gasteiger partial charge in [0.25, 0.3) is 0 Å². The van der Waals surface area contributed by atoms with Gasteiger partial charge in [-0.05, 0) is 30.7 Å². The normalized spacial score (nSPS) is 12.2. The zero-order valence-electron chi connectivity index (χ0n) is 11.0. The van der Waals surface area contributed by atoms with Gasteiger partial charge in [0.1, 0.15) is 0 Å². The highest BCUT2D eigenvalue weighted by Crippen LogP contribution is 2.28. The van der Waals surface area contributed by atoms with E-state index in [1.807, 2.05) is 37.4 Å². The summed E-state index contributed by atoms with van der Waals surface area (Å²) in [6.45, 7) is 2.10. The Labute approximate surface area is 118 Å². The monoisotopic (exact) mass is 276 g/mol. The van der Waals surface area contributed by atoms with Crippen molar-refractivity contribution in [3.63, 3.8) is 0 Å². The summed E-state index contributed by atoms with van der Waals surface area (Å²) in [6.07, 6.45) is 3.43. The second-order valence-electron chi connectivity index (χ2n) is 4.50. The SMILES string of the molecule is CC(c1ccc(Cl)cc1)N(C)c1ccncc1CO. The number of anilines is 1. The highest BCUT2D eigenvalue weighted by molar-refractivity contribution is 6.30. The van der Waals surface area contributed by atoms with E-state index in [2.05, 4.69) is 16.8 Å². The molecule has 0 fully saturated rings. The Hall–Kier alpha value is -1.58. The van der Waals surface area contributed by atoms with Gasteiger partial charge in [-0.3, -0.25) is 4.98 Å². The molecule has 0 radical (unpaired) electrons. The molecule has 1 N–H and O–H groups in total. The van der Waals surface area contributed by atoms with Gasteiger partial charge >= 0.3 is 0 Å². The third-order valence-corrected chi connectivity index (χ3v) is 3.61. The second kappa shape index (κ2) is 6.04. The molecular weight excluding hydrogens is 260 g/mol. The quantitative estimate of drug-likeness (QED) is 0.929. The number of rotatable bonds is 4. The first-order chi connectivity index (χ1) is 9.13. The molecule has 0 bridgehead atoms. The lowest BCUT2D eigenvalue weighted by molar-refractivity contribution is 0.281. The summed E-state index contributed by atoms with van der Waals surface area (Å²) < 4.78 is 0. The molecule has 0 aliphatic heterocycles. The van der Waals surface area contributed by atoms with Gasteiger partial charge < -0.3 is 10.0 Å². The van der Waals surface area contributed by atoms with Crippen molar-refractivity contribution in [2.24, 2.45) is 0 Å². The van der Waals surface area contributed by atoms with Crippen LogP contribution in [0.4, 0.5) is 5.69 Å². The van der Waals surface area contributed by atoms with Crippen LogP contribution in [0.1, 0.15) is 24.1 Å². The molecule has 0 saturated carbocycles. The summed E-state index contributed by atoms with van der Waals surface area (Å²) in [6, 6.07) is 9.91. The fourth-order valence-electron chi connectivity index (χ4n) is 2.06. The Morgan fingerprint density at radius 3 is 2.58 bits per heavy atom. The molecule has 19 heavy (non-hydrogen) atoms. The van der Waals surface area contributed by atoms with Gasteiger partial charge in [0, 0.05) is 35.7 Å². The first-order valence-corrected chi connectivity index (χ1v) is 6.53. The van der Waals surface area contributed by atoms with Crippen LogP contribution >= 0.6 is 11.6 Å². The molecule has 0 aliphatic rings. The van der Waals surface area contributed by atoms with Crippen molar-refractivity contribution >= 4 is 17.3 Å². The summed E-state index contributed by atoms with van der Waals surface area (Å²) in [5, 5.41) is 10.1. The van der Waals surface area contributed by atoms with Crippen molar-refractivity contribution in [2.45, 2.75) is 19.6 Å². The van der Waals surface area contributed by atoms with Crippen LogP contribution in [0, 0.1) is 0 Å². The van der Waals surface area contributed by atoms with Crippen LogP contribution in [0.5, 0.6) is 0 Å². The summed E-state index contributed by atoms with van der Waals surface area (Å²) in [5.74, 6) is 0. The van der Waals surface area contributed by atoms with E-state index in [1.165, 1.54) is 5.56 Å². The number of aliphatic hydroxyl groups excluding tert-OH is 1. The molecule has 3 nitrogen and oxygen atoms in total. The molecule has 100 valence electrons. The van der Waals surface area contributed by atoms with Gasteiger partial charge in [0.15, 0.2) is 0 Å². The molecule has 0 amide bonds. The Kier molecular flexibility index (Phi) is 4.40. The molecule has 1 aromatic carbocycles. The predicted molar refractivity (Wildman–Crippen MR) is 78.4 cm³/mol. The van der Waals surface area contributed by atoms with E-state index in [1.54, 1.807) is 12.4 Å². The van der Waals surface area contributed by atoms with Crippen LogP contribution in [0.25, 0.3) is 0 Å². The molecule has 4 heteroatoms. The van der Waals surface area contributed by atoms with Gasteiger partial charge in [-0.2, -0.15) is 0 Å². The van der Waals surface area contributed by atoms with Crippen LogP contribution in [0.15, 0.2) is 42.7 Å². The predicted octanol–water partition coefficient (Wildman–Crippen LogP) is 3.42. The van der Waals surface area contributed by atoms with E-state index < -0.39 is 0 Å². The van der Waals surface area contributed by atoms with E-state index >= 15 is 0 Å². The summed E-state index contributed by atoms with van der Waals surface area (Å²) in [4.78, 5) is 6.16. The fourth-order valence-corrected chi connectivity index (χ4v) is 2.19. The van der Waals surface area contributed by atoms with E-state index in [-0.39, 0.29) is 12.6 Å². The number of halogens is 1. The first kappa shape index (κ1) is 13.8. The second-order valence-corrected chi connectivity index (χ2v) is 4.94. The standard InChI is InChI=1S/C15H17ClN2O/c1-11(12-3-5-14(16)6-4-12)18(2)15-7-8-17-9-13(15)10-19/h3-9,11,19H,10H2,1-2H3. The van der Waals surface area contributed by atoms with Crippen molar-refractivity contribution in [3.8, 4) is 0 Å². The van der Waals surface area contributed by atoms with E-state index in [9.17, 15) is 5.11 Å². The van der Waals surface area contributed by atoms with Crippen molar-refractivity contribution < 1.29 is 5.11 Å². The molecule has 0 aliphatic carbocycles. The minimum absolute atomic E-state index is 0.0130. The lowest BCUT2D eigenvalue weighted by atomic mass is 10.1. The minimum atomic E-state index is -0.0130. The van der Waals surface area contributed by atoms with Crippen LogP contribution in [0.2, 0.25) is 5.02 Å². The maximum Gasteiger partial charge on any atom is 0.0717 e. The maximum atomic E-state index is 9.37. The average molecular weight is 277 g/mol.